The maximum Gasteiger partial charge on any atom is 0.322 e. The van der Waals surface area contributed by atoms with Crippen LogP contribution in [0.4, 0.5) is 10.5 Å². The van der Waals surface area contributed by atoms with E-state index in [1.54, 1.807) is 42.3 Å². The molecule has 23 heavy (non-hydrogen) atoms. The Morgan fingerprint density at radius 3 is 2.65 bits per heavy atom. The van der Waals surface area contributed by atoms with Gasteiger partial charge in [0, 0.05) is 6.54 Å². The molecule has 0 heterocycles. The van der Waals surface area contributed by atoms with E-state index in [0.717, 1.165) is 5.56 Å². The minimum absolute atomic E-state index is 0.165. The number of para-hydroxylation sites is 2. The number of rotatable bonds is 5. The SMILES string of the molecule is CCN(C(=O)Nc1ccccc1OC)[C@@H](C)c1cccc(O)c1. The van der Waals surface area contributed by atoms with Gasteiger partial charge in [-0.3, -0.25) is 0 Å². The van der Waals surface area contributed by atoms with Gasteiger partial charge in [0.2, 0.25) is 0 Å². The van der Waals surface area contributed by atoms with E-state index in [-0.39, 0.29) is 17.8 Å². The first-order valence-corrected chi connectivity index (χ1v) is 7.56. The summed E-state index contributed by atoms with van der Waals surface area (Å²) >= 11 is 0. The van der Waals surface area contributed by atoms with Crippen molar-refractivity contribution in [2.75, 3.05) is 19.0 Å². The molecule has 0 unspecified atom stereocenters. The summed E-state index contributed by atoms with van der Waals surface area (Å²) in [6.45, 7) is 4.39. The van der Waals surface area contributed by atoms with Crippen molar-refractivity contribution >= 4 is 11.7 Å². The second-order valence-electron chi connectivity index (χ2n) is 5.19. The summed E-state index contributed by atoms with van der Waals surface area (Å²) in [5, 5.41) is 12.5. The Labute approximate surface area is 136 Å². The van der Waals surface area contributed by atoms with Crippen LogP contribution in [0.15, 0.2) is 48.5 Å². The van der Waals surface area contributed by atoms with Crippen LogP contribution in [-0.2, 0) is 0 Å². The first-order chi connectivity index (χ1) is 11.1. The quantitative estimate of drug-likeness (QED) is 0.876. The van der Waals surface area contributed by atoms with Crippen molar-refractivity contribution < 1.29 is 14.6 Å². The Morgan fingerprint density at radius 1 is 1.26 bits per heavy atom. The molecular weight excluding hydrogens is 292 g/mol. The van der Waals surface area contributed by atoms with E-state index in [4.69, 9.17) is 4.74 Å². The number of nitrogens with zero attached hydrogens (tertiary/aromatic N) is 1. The fourth-order valence-electron chi connectivity index (χ4n) is 2.49. The van der Waals surface area contributed by atoms with E-state index in [1.807, 2.05) is 32.0 Å². The second kappa shape index (κ2) is 7.54. The highest BCUT2D eigenvalue weighted by Gasteiger charge is 2.21. The number of aromatic hydroxyl groups is 1. The lowest BCUT2D eigenvalue weighted by Gasteiger charge is -2.29. The topological polar surface area (TPSA) is 61.8 Å². The number of amides is 2. The number of hydrogen-bond donors (Lipinski definition) is 2. The predicted molar refractivity (Wildman–Crippen MR) is 90.9 cm³/mol. The fourth-order valence-corrected chi connectivity index (χ4v) is 2.49. The molecule has 2 aromatic rings. The monoisotopic (exact) mass is 314 g/mol. The molecule has 5 heteroatoms. The molecule has 122 valence electrons. The highest BCUT2D eigenvalue weighted by atomic mass is 16.5. The lowest BCUT2D eigenvalue weighted by atomic mass is 10.1. The highest BCUT2D eigenvalue weighted by Crippen LogP contribution is 2.26. The Kier molecular flexibility index (Phi) is 5.46. The summed E-state index contributed by atoms with van der Waals surface area (Å²) in [6, 6.07) is 13.8. The van der Waals surface area contributed by atoms with E-state index >= 15 is 0 Å². The number of methoxy groups -OCH3 is 1. The molecule has 2 aromatic carbocycles. The summed E-state index contributed by atoms with van der Waals surface area (Å²) in [7, 11) is 1.57. The molecule has 0 aliphatic heterocycles. The van der Waals surface area contributed by atoms with Crippen LogP contribution >= 0.6 is 0 Å². The molecule has 2 rings (SSSR count). The maximum atomic E-state index is 12.6. The van der Waals surface area contributed by atoms with Gasteiger partial charge in [0.1, 0.15) is 11.5 Å². The molecule has 0 saturated heterocycles. The molecule has 0 spiro atoms. The largest absolute Gasteiger partial charge is 0.508 e. The van der Waals surface area contributed by atoms with E-state index in [2.05, 4.69) is 5.32 Å². The maximum absolute atomic E-state index is 12.6. The van der Waals surface area contributed by atoms with Crippen LogP contribution in [0.5, 0.6) is 11.5 Å². The average molecular weight is 314 g/mol. The fraction of sp³-hybridized carbons (Fsp3) is 0.278. The van der Waals surface area contributed by atoms with Crippen molar-refractivity contribution in [1.29, 1.82) is 0 Å². The van der Waals surface area contributed by atoms with E-state index in [9.17, 15) is 9.90 Å². The summed E-state index contributed by atoms with van der Waals surface area (Å²) in [5.41, 5.74) is 1.50. The standard InChI is InChI=1S/C18H22N2O3/c1-4-20(13(2)14-8-7-9-15(21)12-14)18(22)19-16-10-5-6-11-17(16)23-3/h5-13,21H,4H2,1-3H3,(H,19,22)/t13-/m0/s1. The lowest BCUT2D eigenvalue weighted by molar-refractivity contribution is 0.196. The van der Waals surface area contributed by atoms with Gasteiger partial charge in [-0.25, -0.2) is 4.79 Å². The molecule has 5 nitrogen and oxygen atoms in total. The van der Waals surface area contributed by atoms with E-state index < -0.39 is 0 Å². The minimum atomic E-state index is -0.215. The minimum Gasteiger partial charge on any atom is -0.508 e. The smallest absolute Gasteiger partial charge is 0.322 e. The Balaban J connectivity index is 2.18. The number of carbonyl (C=O) groups excluding carboxylic acids is 1. The molecule has 0 saturated carbocycles. The van der Waals surface area contributed by atoms with Gasteiger partial charge >= 0.3 is 6.03 Å². The van der Waals surface area contributed by atoms with Crippen molar-refractivity contribution in [2.45, 2.75) is 19.9 Å². The van der Waals surface area contributed by atoms with E-state index in [1.165, 1.54) is 0 Å². The number of carbonyl (C=O) groups is 1. The van der Waals surface area contributed by atoms with Gasteiger partial charge in [0.25, 0.3) is 0 Å². The van der Waals surface area contributed by atoms with Gasteiger partial charge in [-0.2, -0.15) is 0 Å². The zero-order valence-corrected chi connectivity index (χ0v) is 13.6. The van der Waals surface area contributed by atoms with Crippen LogP contribution in [-0.4, -0.2) is 29.7 Å². The third kappa shape index (κ3) is 3.94. The summed E-state index contributed by atoms with van der Waals surface area (Å²) in [6.07, 6.45) is 0. The summed E-state index contributed by atoms with van der Waals surface area (Å²) in [4.78, 5) is 14.3. The van der Waals surface area contributed by atoms with Crippen LogP contribution in [0.3, 0.4) is 0 Å². The normalized spacial score (nSPS) is 11.6. The van der Waals surface area contributed by atoms with Crippen molar-refractivity contribution in [1.82, 2.24) is 4.90 Å². The summed E-state index contributed by atoms with van der Waals surface area (Å²) < 4.78 is 5.25. The van der Waals surface area contributed by atoms with Gasteiger partial charge in [-0.1, -0.05) is 24.3 Å². The van der Waals surface area contributed by atoms with Crippen LogP contribution in [0, 0.1) is 0 Å². The zero-order chi connectivity index (χ0) is 16.8. The zero-order valence-electron chi connectivity index (χ0n) is 13.6. The predicted octanol–water partition coefficient (Wildman–Crippen LogP) is 4.02. The summed E-state index contributed by atoms with van der Waals surface area (Å²) in [5.74, 6) is 0.803. The number of hydrogen-bond acceptors (Lipinski definition) is 3. The molecule has 0 aliphatic carbocycles. The average Bonchev–Trinajstić information content (AvgIpc) is 2.56. The van der Waals surface area contributed by atoms with Gasteiger partial charge < -0.3 is 20.1 Å². The number of anilines is 1. The van der Waals surface area contributed by atoms with Crippen LogP contribution in [0.1, 0.15) is 25.5 Å². The molecule has 2 amide bonds. The molecule has 0 fully saturated rings. The van der Waals surface area contributed by atoms with E-state index in [0.29, 0.717) is 18.0 Å². The van der Waals surface area contributed by atoms with Gasteiger partial charge in [0.05, 0.1) is 18.8 Å². The number of benzene rings is 2. The lowest BCUT2D eigenvalue weighted by Crippen LogP contribution is -2.37. The van der Waals surface area contributed by atoms with Crippen molar-refractivity contribution in [2.24, 2.45) is 0 Å². The van der Waals surface area contributed by atoms with Gasteiger partial charge in [-0.15, -0.1) is 0 Å². The first kappa shape index (κ1) is 16.7. The number of ether oxygens (including phenoxy) is 1. The Bertz CT molecular complexity index is 673. The van der Waals surface area contributed by atoms with Crippen molar-refractivity contribution in [3.8, 4) is 11.5 Å². The molecule has 2 N–H and O–H groups in total. The van der Waals surface area contributed by atoms with Crippen molar-refractivity contribution in [3.05, 3.63) is 54.1 Å². The van der Waals surface area contributed by atoms with Gasteiger partial charge in [-0.05, 0) is 43.7 Å². The van der Waals surface area contributed by atoms with Crippen molar-refractivity contribution in [3.63, 3.8) is 0 Å². The second-order valence-corrected chi connectivity index (χ2v) is 5.19. The van der Waals surface area contributed by atoms with Gasteiger partial charge in [0.15, 0.2) is 0 Å². The molecular formula is C18H22N2O3. The number of nitrogens with one attached hydrogen (secondary N) is 1. The van der Waals surface area contributed by atoms with Crippen LogP contribution < -0.4 is 10.1 Å². The molecule has 0 aromatic heterocycles. The molecule has 0 aliphatic rings. The molecule has 0 bridgehead atoms. The first-order valence-electron chi connectivity index (χ1n) is 7.56. The molecule has 1 atom stereocenters. The third-order valence-electron chi connectivity index (χ3n) is 3.77. The van der Waals surface area contributed by atoms with Crippen LogP contribution in [0.2, 0.25) is 0 Å². The Hall–Kier alpha value is -2.69. The Morgan fingerprint density at radius 2 is 2.00 bits per heavy atom. The third-order valence-corrected chi connectivity index (χ3v) is 3.77. The number of phenolic OH excluding ortho intramolecular Hbond substituents is 1. The van der Waals surface area contributed by atoms with Crippen LogP contribution in [0.25, 0.3) is 0 Å². The number of phenols is 1. The highest BCUT2D eigenvalue weighted by molar-refractivity contribution is 5.91. The molecule has 0 radical (unpaired) electrons. The number of urea groups is 1.